The summed E-state index contributed by atoms with van der Waals surface area (Å²) in [6.07, 6.45) is 1.56. The summed E-state index contributed by atoms with van der Waals surface area (Å²) in [5.74, 6) is -2.85. The van der Waals surface area contributed by atoms with E-state index in [2.05, 4.69) is 5.32 Å². The second-order valence-corrected chi connectivity index (χ2v) is 5.70. The van der Waals surface area contributed by atoms with Crippen molar-refractivity contribution in [3.63, 3.8) is 0 Å². The summed E-state index contributed by atoms with van der Waals surface area (Å²) >= 11 is 1.78. The molecule has 1 heterocycles. The van der Waals surface area contributed by atoms with Crippen molar-refractivity contribution in [1.82, 2.24) is 5.32 Å². The number of benzene rings is 1. The first-order valence-electron chi connectivity index (χ1n) is 6.10. The maximum atomic E-state index is 13.2. The van der Waals surface area contributed by atoms with Gasteiger partial charge in [-0.05, 0) is 36.5 Å². The van der Waals surface area contributed by atoms with Crippen LogP contribution < -0.4 is 5.32 Å². The molecule has 0 spiro atoms. The number of nitrogens with one attached hydrogen (secondary N) is 1. The maximum Gasteiger partial charge on any atom is 0.336 e. The fraction of sp³-hybridized carbons (Fsp3) is 0.385. The standard InChI is InChI=1S/C13H13F2NO3S/c14-10-5-8(9(13(18)19)6-11(10)15)12(17)16-7-1-3-20-4-2-7/h5-7H,1-4H2,(H,16,17)(H,18,19). The predicted octanol–water partition coefficient (Wildman–Crippen LogP) is 2.29. The molecule has 0 bridgehead atoms. The summed E-state index contributed by atoms with van der Waals surface area (Å²) in [6.45, 7) is 0. The first-order chi connectivity index (χ1) is 9.49. The zero-order valence-corrected chi connectivity index (χ0v) is 11.3. The molecule has 1 saturated heterocycles. The Kier molecular flexibility index (Phi) is 4.59. The minimum absolute atomic E-state index is 0.0569. The monoisotopic (exact) mass is 301 g/mol. The van der Waals surface area contributed by atoms with Crippen LogP contribution in [0, 0.1) is 11.6 Å². The quantitative estimate of drug-likeness (QED) is 0.899. The van der Waals surface area contributed by atoms with E-state index in [0.29, 0.717) is 12.1 Å². The Labute approximate surface area is 118 Å². The number of amides is 1. The third-order valence-electron chi connectivity index (χ3n) is 3.09. The lowest BCUT2D eigenvalue weighted by Crippen LogP contribution is -2.38. The average Bonchev–Trinajstić information content (AvgIpc) is 2.42. The lowest BCUT2D eigenvalue weighted by molar-refractivity contribution is 0.0689. The number of hydrogen-bond donors (Lipinski definition) is 2. The van der Waals surface area contributed by atoms with E-state index in [9.17, 15) is 18.4 Å². The normalized spacial score (nSPS) is 15.9. The van der Waals surface area contributed by atoms with Crippen LogP contribution in [0.4, 0.5) is 8.78 Å². The molecule has 0 radical (unpaired) electrons. The van der Waals surface area contributed by atoms with Gasteiger partial charge in [0.1, 0.15) is 0 Å². The summed E-state index contributed by atoms with van der Waals surface area (Å²) in [6, 6.07) is 1.10. The van der Waals surface area contributed by atoms with Crippen molar-refractivity contribution in [2.24, 2.45) is 0 Å². The molecule has 0 saturated carbocycles. The summed E-state index contributed by atoms with van der Waals surface area (Å²) in [5, 5.41) is 11.6. The molecule has 20 heavy (non-hydrogen) atoms. The number of carbonyl (C=O) groups is 2. The van der Waals surface area contributed by atoms with Crippen molar-refractivity contribution in [3.8, 4) is 0 Å². The molecule has 1 aliphatic heterocycles. The number of aromatic carboxylic acids is 1. The molecule has 1 fully saturated rings. The van der Waals surface area contributed by atoms with E-state index in [1.807, 2.05) is 0 Å². The molecule has 7 heteroatoms. The number of hydrogen-bond acceptors (Lipinski definition) is 3. The number of halogens is 2. The number of rotatable bonds is 3. The first kappa shape index (κ1) is 14.8. The van der Waals surface area contributed by atoms with E-state index >= 15 is 0 Å². The number of carboxylic acids is 1. The van der Waals surface area contributed by atoms with E-state index in [4.69, 9.17) is 5.11 Å². The van der Waals surface area contributed by atoms with Gasteiger partial charge >= 0.3 is 5.97 Å². The molecule has 1 aliphatic rings. The highest BCUT2D eigenvalue weighted by atomic mass is 32.2. The van der Waals surface area contributed by atoms with Crippen LogP contribution in [0.15, 0.2) is 12.1 Å². The predicted molar refractivity (Wildman–Crippen MR) is 71.1 cm³/mol. The molecular formula is C13H13F2NO3S. The van der Waals surface area contributed by atoms with Crippen LogP contribution in [0.3, 0.4) is 0 Å². The summed E-state index contributed by atoms with van der Waals surface area (Å²) in [4.78, 5) is 23.0. The fourth-order valence-corrected chi connectivity index (χ4v) is 3.12. The highest BCUT2D eigenvalue weighted by molar-refractivity contribution is 7.99. The lowest BCUT2D eigenvalue weighted by atomic mass is 10.0. The van der Waals surface area contributed by atoms with Crippen molar-refractivity contribution in [2.75, 3.05) is 11.5 Å². The Bertz CT molecular complexity index is 545. The van der Waals surface area contributed by atoms with Crippen molar-refractivity contribution >= 4 is 23.6 Å². The number of carboxylic acid groups (broad SMARTS) is 1. The van der Waals surface area contributed by atoms with E-state index in [0.717, 1.165) is 24.3 Å². The zero-order valence-electron chi connectivity index (χ0n) is 10.5. The molecule has 1 aromatic carbocycles. The van der Waals surface area contributed by atoms with Gasteiger partial charge in [0.25, 0.3) is 5.91 Å². The Hall–Kier alpha value is -1.63. The van der Waals surface area contributed by atoms with Gasteiger partial charge in [-0.3, -0.25) is 4.79 Å². The van der Waals surface area contributed by atoms with Crippen molar-refractivity contribution in [2.45, 2.75) is 18.9 Å². The highest BCUT2D eigenvalue weighted by Gasteiger charge is 2.23. The minimum Gasteiger partial charge on any atom is -0.478 e. The van der Waals surface area contributed by atoms with Crippen LogP contribution >= 0.6 is 11.8 Å². The Morgan fingerprint density at radius 1 is 1.15 bits per heavy atom. The molecule has 1 amide bonds. The molecule has 2 rings (SSSR count). The topological polar surface area (TPSA) is 66.4 Å². The largest absolute Gasteiger partial charge is 0.478 e. The summed E-state index contributed by atoms with van der Waals surface area (Å²) < 4.78 is 26.3. The third kappa shape index (κ3) is 3.27. The molecular weight excluding hydrogens is 288 g/mol. The molecule has 4 nitrogen and oxygen atoms in total. The van der Waals surface area contributed by atoms with E-state index in [1.165, 1.54) is 0 Å². The van der Waals surface area contributed by atoms with Gasteiger partial charge in [-0.2, -0.15) is 11.8 Å². The van der Waals surface area contributed by atoms with Crippen molar-refractivity contribution in [3.05, 3.63) is 34.9 Å². The molecule has 108 valence electrons. The Morgan fingerprint density at radius 2 is 1.70 bits per heavy atom. The van der Waals surface area contributed by atoms with Gasteiger partial charge in [0.2, 0.25) is 0 Å². The summed E-state index contributed by atoms with van der Waals surface area (Å²) in [5.41, 5.74) is -0.888. The summed E-state index contributed by atoms with van der Waals surface area (Å²) in [7, 11) is 0. The van der Waals surface area contributed by atoms with E-state index in [1.54, 1.807) is 11.8 Å². The average molecular weight is 301 g/mol. The van der Waals surface area contributed by atoms with Gasteiger partial charge < -0.3 is 10.4 Å². The Morgan fingerprint density at radius 3 is 2.25 bits per heavy atom. The van der Waals surface area contributed by atoms with Gasteiger partial charge in [-0.1, -0.05) is 0 Å². The van der Waals surface area contributed by atoms with E-state index < -0.39 is 29.1 Å². The van der Waals surface area contributed by atoms with Crippen LogP contribution in [-0.4, -0.2) is 34.5 Å². The van der Waals surface area contributed by atoms with Gasteiger partial charge in [0.05, 0.1) is 11.1 Å². The number of carbonyl (C=O) groups excluding carboxylic acids is 1. The molecule has 0 unspecified atom stereocenters. The molecule has 0 aromatic heterocycles. The third-order valence-corrected chi connectivity index (χ3v) is 4.14. The SMILES string of the molecule is O=C(O)c1cc(F)c(F)cc1C(=O)NC1CCSCC1. The van der Waals surface area contributed by atoms with Gasteiger partial charge in [-0.15, -0.1) is 0 Å². The van der Waals surface area contributed by atoms with Crippen molar-refractivity contribution in [1.29, 1.82) is 0 Å². The van der Waals surface area contributed by atoms with Crippen LogP contribution in [0.25, 0.3) is 0 Å². The maximum absolute atomic E-state index is 13.2. The molecule has 2 N–H and O–H groups in total. The second kappa shape index (κ2) is 6.21. The van der Waals surface area contributed by atoms with Crippen LogP contribution in [0.1, 0.15) is 33.6 Å². The molecule has 0 atom stereocenters. The Balaban J connectivity index is 2.23. The smallest absolute Gasteiger partial charge is 0.336 e. The minimum atomic E-state index is -1.46. The van der Waals surface area contributed by atoms with E-state index in [-0.39, 0.29) is 11.6 Å². The number of thioether (sulfide) groups is 1. The highest BCUT2D eigenvalue weighted by Crippen LogP contribution is 2.19. The van der Waals surface area contributed by atoms with Crippen LogP contribution in [-0.2, 0) is 0 Å². The fourth-order valence-electron chi connectivity index (χ4n) is 2.02. The molecule has 1 aromatic rings. The van der Waals surface area contributed by atoms with Crippen LogP contribution in [0.2, 0.25) is 0 Å². The molecule has 0 aliphatic carbocycles. The zero-order chi connectivity index (χ0) is 14.7. The van der Waals surface area contributed by atoms with Crippen molar-refractivity contribution < 1.29 is 23.5 Å². The second-order valence-electron chi connectivity index (χ2n) is 4.48. The van der Waals surface area contributed by atoms with Gasteiger partial charge in [-0.25, -0.2) is 13.6 Å². The van der Waals surface area contributed by atoms with Gasteiger partial charge in [0.15, 0.2) is 11.6 Å². The first-order valence-corrected chi connectivity index (χ1v) is 7.25. The van der Waals surface area contributed by atoms with Crippen LogP contribution in [0.5, 0.6) is 0 Å². The lowest BCUT2D eigenvalue weighted by Gasteiger charge is -2.22. The van der Waals surface area contributed by atoms with Gasteiger partial charge in [0, 0.05) is 6.04 Å².